The fourth-order valence-corrected chi connectivity index (χ4v) is 3.90. The second-order valence-corrected chi connectivity index (χ2v) is 6.28. The molecule has 1 aromatic carbocycles. The number of rotatable bonds is 2. The van der Waals surface area contributed by atoms with Gasteiger partial charge in [-0.15, -0.1) is 11.6 Å². The molecule has 2 aliphatic heterocycles. The van der Waals surface area contributed by atoms with Crippen LogP contribution in [0, 0.1) is 5.82 Å². The van der Waals surface area contributed by atoms with Crippen molar-refractivity contribution in [1.29, 1.82) is 0 Å². The van der Waals surface area contributed by atoms with Gasteiger partial charge in [0, 0.05) is 36.4 Å². The molecule has 1 aromatic rings. The molecule has 2 fully saturated rings. The molecular formula is C16H22ClFN2. The molecule has 2 nitrogen and oxygen atoms in total. The Kier molecular flexibility index (Phi) is 4.18. The third-order valence-corrected chi connectivity index (χ3v) is 4.99. The van der Waals surface area contributed by atoms with Gasteiger partial charge < -0.3 is 4.90 Å². The van der Waals surface area contributed by atoms with E-state index in [9.17, 15) is 4.39 Å². The van der Waals surface area contributed by atoms with Crippen molar-refractivity contribution in [3.05, 3.63) is 29.6 Å². The first-order valence-corrected chi connectivity index (χ1v) is 8.08. The molecule has 2 atom stereocenters. The number of anilines is 1. The average Bonchev–Trinajstić information content (AvgIpc) is 2.46. The number of benzene rings is 1. The Morgan fingerprint density at radius 1 is 1.30 bits per heavy atom. The Labute approximate surface area is 125 Å². The summed E-state index contributed by atoms with van der Waals surface area (Å²) in [7, 11) is 0. The number of halogens is 2. The summed E-state index contributed by atoms with van der Waals surface area (Å²) in [6, 6.07) is 6.33. The van der Waals surface area contributed by atoms with Crippen molar-refractivity contribution in [2.75, 3.05) is 24.5 Å². The van der Waals surface area contributed by atoms with Gasteiger partial charge in [-0.3, -0.25) is 4.90 Å². The average molecular weight is 297 g/mol. The van der Waals surface area contributed by atoms with Gasteiger partial charge in [0.2, 0.25) is 0 Å². The Morgan fingerprint density at radius 2 is 2.15 bits per heavy atom. The van der Waals surface area contributed by atoms with Crippen LogP contribution in [0.1, 0.15) is 31.7 Å². The normalized spacial score (nSPS) is 27.4. The fraction of sp³-hybridized carbons (Fsp3) is 0.625. The van der Waals surface area contributed by atoms with E-state index in [4.69, 9.17) is 11.6 Å². The van der Waals surface area contributed by atoms with E-state index in [0.717, 1.165) is 18.8 Å². The highest BCUT2D eigenvalue weighted by Gasteiger charge is 2.33. The molecule has 0 amide bonds. The zero-order valence-electron chi connectivity index (χ0n) is 12.0. The van der Waals surface area contributed by atoms with Gasteiger partial charge in [0.1, 0.15) is 5.82 Å². The number of nitrogens with zero attached hydrogens (tertiary/aromatic N) is 2. The van der Waals surface area contributed by atoms with E-state index in [1.54, 1.807) is 6.07 Å². The van der Waals surface area contributed by atoms with E-state index in [0.29, 0.717) is 17.6 Å². The van der Waals surface area contributed by atoms with Crippen LogP contribution in [0.15, 0.2) is 18.2 Å². The number of hydrogen-bond donors (Lipinski definition) is 0. The van der Waals surface area contributed by atoms with Crippen LogP contribution in [-0.2, 0) is 5.88 Å². The lowest BCUT2D eigenvalue weighted by Crippen LogP contribution is -2.59. The van der Waals surface area contributed by atoms with Crippen molar-refractivity contribution in [3.63, 3.8) is 0 Å². The van der Waals surface area contributed by atoms with Crippen molar-refractivity contribution in [2.24, 2.45) is 0 Å². The third-order valence-electron chi connectivity index (χ3n) is 4.72. The Balaban J connectivity index is 1.88. The van der Waals surface area contributed by atoms with Crippen LogP contribution < -0.4 is 4.90 Å². The van der Waals surface area contributed by atoms with Gasteiger partial charge in [0.05, 0.1) is 5.88 Å². The van der Waals surface area contributed by atoms with E-state index >= 15 is 0 Å². The van der Waals surface area contributed by atoms with Gasteiger partial charge in [-0.1, -0.05) is 12.5 Å². The zero-order chi connectivity index (χ0) is 14.1. The fourth-order valence-electron chi connectivity index (χ4n) is 3.64. The van der Waals surface area contributed by atoms with Gasteiger partial charge >= 0.3 is 0 Å². The van der Waals surface area contributed by atoms with Crippen LogP contribution in [0.25, 0.3) is 0 Å². The molecular weight excluding hydrogens is 275 g/mol. The minimum atomic E-state index is -0.184. The lowest BCUT2D eigenvalue weighted by molar-refractivity contribution is 0.115. The van der Waals surface area contributed by atoms with Crippen molar-refractivity contribution in [2.45, 2.75) is 44.1 Å². The van der Waals surface area contributed by atoms with E-state index in [-0.39, 0.29) is 11.7 Å². The second kappa shape index (κ2) is 5.90. The molecule has 0 spiro atoms. The molecule has 0 saturated carbocycles. The molecule has 0 aromatic heterocycles. The SMILES string of the molecule is CC1CN2CCCCC2CN1c1cccc(F)c1CCl. The summed E-state index contributed by atoms with van der Waals surface area (Å²) in [6.45, 7) is 5.51. The Hall–Kier alpha value is -0.800. The maximum absolute atomic E-state index is 13.9. The van der Waals surface area contributed by atoms with E-state index in [1.807, 2.05) is 6.07 Å². The molecule has 2 aliphatic rings. The first kappa shape index (κ1) is 14.2. The molecule has 20 heavy (non-hydrogen) atoms. The summed E-state index contributed by atoms with van der Waals surface area (Å²) in [4.78, 5) is 4.96. The Morgan fingerprint density at radius 3 is 2.95 bits per heavy atom. The summed E-state index contributed by atoms with van der Waals surface area (Å²) >= 11 is 5.96. The van der Waals surface area contributed by atoms with Crippen LogP contribution >= 0.6 is 11.6 Å². The van der Waals surface area contributed by atoms with Crippen molar-refractivity contribution >= 4 is 17.3 Å². The van der Waals surface area contributed by atoms with Crippen molar-refractivity contribution in [1.82, 2.24) is 4.90 Å². The molecule has 0 radical (unpaired) electrons. The minimum Gasteiger partial charge on any atom is -0.366 e. The van der Waals surface area contributed by atoms with Crippen LogP contribution in [0.4, 0.5) is 10.1 Å². The lowest BCUT2D eigenvalue weighted by atomic mass is 9.96. The maximum atomic E-state index is 13.9. The first-order chi connectivity index (χ1) is 9.70. The molecule has 2 heterocycles. The Bertz CT molecular complexity index is 480. The summed E-state index contributed by atoms with van der Waals surface area (Å²) < 4.78 is 13.9. The van der Waals surface area contributed by atoms with E-state index in [1.165, 1.54) is 31.9 Å². The number of alkyl halides is 1. The molecule has 110 valence electrons. The number of hydrogen-bond acceptors (Lipinski definition) is 2. The van der Waals surface area contributed by atoms with Crippen molar-refractivity contribution in [3.8, 4) is 0 Å². The monoisotopic (exact) mass is 296 g/mol. The van der Waals surface area contributed by atoms with Gasteiger partial charge in [0.15, 0.2) is 0 Å². The van der Waals surface area contributed by atoms with Crippen LogP contribution in [0.3, 0.4) is 0 Å². The lowest BCUT2D eigenvalue weighted by Gasteiger charge is -2.48. The standard InChI is InChI=1S/C16H22ClFN2/c1-12-10-19-8-3-2-5-13(19)11-20(12)16-7-4-6-15(18)14(16)9-17/h4,6-7,12-13H,2-3,5,8-11H2,1H3. The quantitative estimate of drug-likeness (QED) is 0.769. The summed E-state index contributed by atoms with van der Waals surface area (Å²) in [6.07, 6.45) is 3.89. The van der Waals surface area contributed by atoms with Gasteiger partial charge in [0.25, 0.3) is 0 Å². The van der Waals surface area contributed by atoms with E-state index < -0.39 is 0 Å². The van der Waals surface area contributed by atoms with Crippen LogP contribution in [-0.4, -0.2) is 36.6 Å². The molecule has 4 heteroatoms. The van der Waals surface area contributed by atoms with Crippen LogP contribution in [0.5, 0.6) is 0 Å². The highest BCUT2D eigenvalue weighted by Crippen LogP contribution is 2.32. The number of fused-ring (bicyclic) bond motifs is 1. The van der Waals surface area contributed by atoms with Gasteiger partial charge in [-0.05, 0) is 38.4 Å². The predicted octanol–water partition coefficient (Wildman–Crippen LogP) is 3.63. The van der Waals surface area contributed by atoms with Crippen LogP contribution in [0.2, 0.25) is 0 Å². The number of piperidine rings is 1. The molecule has 0 aliphatic carbocycles. The smallest absolute Gasteiger partial charge is 0.129 e. The van der Waals surface area contributed by atoms with Gasteiger partial charge in [-0.25, -0.2) is 4.39 Å². The third kappa shape index (κ3) is 2.53. The topological polar surface area (TPSA) is 6.48 Å². The summed E-state index contributed by atoms with van der Waals surface area (Å²) in [5, 5.41) is 0. The predicted molar refractivity (Wildman–Crippen MR) is 82.0 cm³/mol. The molecule has 0 bridgehead atoms. The summed E-state index contributed by atoms with van der Waals surface area (Å²) in [5.41, 5.74) is 1.63. The molecule has 0 N–H and O–H groups in total. The van der Waals surface area contributed by atoms with E-state index in [2.05, 4.69) is 16.7 Å². The maximum Gasteiger partial charge on any atom is 0.129 e. The zero-order valence-corrected chi connectivity index (χ0v) is 12.7. The molecule has 2 unspecified atom stereocenters. The number of piperazine rings is 1. The highest BCUT2D eigenvalue weighted by atomic mass is 35.5. The molecule has 3 rings (SSSR count). The van der Waals surface area contributed by atoms with Gasteiger partial charge in [-0.2, -0.15) is 0 Å². The highest BCUT2D eigenvalue weighted by molar-refractivity contribution is 6.17. The largest absolute Gasteiger partial charge is 0.366 e. The summed E-state index contributed by atoms with van der Waals surface area (Å²) in [5.74, 6) is 0.0513. The molecule has 2 saturated heterocycles. The second-order valence-electron chi connectivity index (χ2n) is 6.02. The minimum absolute atomic E-state index is 0.184. The first-order valence-electron chi connectivity index (χ1n) is 7.54. The van der Waals surface area contributed by atoms with Crippen molar-refractivity contribution < 1.29 is 4.39 Å².